The van der Waals surface area contributed by atoms with Crippen LogP contribution in [0.15, 0.2) is 91.3 Å². The van der Waals surface area contributed by atoms with E-state index in [2.05, 4.69) is 25.6 Å². The van der Waals surface area contributed by atoms with Crippen molar-refractivity contribution in [1.82, 2.24) is 29.9 Å². The molecule has 2 amide bonds. The van der Waals surface area contributed by atoms with E-state index in [1.807, 2.05) is 29.2 Å². The number of nitrogens with zero attached hydrogens (tertiary/aromatic N) is 6. The van der Waals surface area contributed by atoms with Crippen LogP contribution in [0.4, 0.5) is 19.0 Å². The molecule has 12 heteroatoms. The monoisotopic (exact) mass is 583 g/mol. The van der Waals surface area contributed by atoms with Gasteiger partial charge in [0.2, 0.25) is 0 Å². The van der Waals surface area contributed by atoms with E-state index in [1.54, 1.807) is 36.4 Å². The van der Waals surface area contributed by atoms with Crippen molar-refractivity contribution in [3.63, 3.8) is 0 Å². The van der Waals surface area contributed by atoms with Crippen molar-refractivity contribution < 1.29 is 22.8 Å². The lowest BCUT2D eigenvalue weighted by Gasteiger charge is -2.15. The Balaban J connectivity index is 1.20. The molecule has 4 heterocycles. The summed E-state index contributed by atoms with van der Waals surface area (Å²) in [4.78, 5) is 31.6. The van der Waals surface area contributed by atoms with Gasteiger partial charge in [-0.25, -0.2) is 4.68 Å². The molecule has 9 nitrogen and oxygen atoms in total. The summed E-state index contributed by atoms with van der Waals surface area (Å²) in [6.45, 7) is 1.50. The maximum Gasteiger partial charge on any atom is 0.433 e. The smallest absolute Gasteiger partial charge is 0.339 e. The van der Waals surface area contributed by atoms with Gasteiger partial charge in [-0.1, -0.05) is 24.3 Å². The first-order valence-electron chi connectivity index (χ1n) is 13.5. The Bertz CT molecular complexity index is 1780. The molecule has 0 aliphatic carbocycles. The highest BCUT2D eigenvalue weighted by atomic mass is 19.4. The first kappa shape index (κ1) is 27.8. The minimum atomic E-state index is -4.70. The molecule has 2 aromatic carbocycles. The Labute approximate surface area is 244 Å². The second kappa shape index (κ2) is 11.5. The molecule has 1 aliphatic rings. The van der Waals surface area contributed by atoms with Gasteiger partial charge in [0.15, 0.2) is 17.3 Å². The van der Waals surface area contributed by atoms with Crippen LogP contribution in [0.2, 0.25) is 0 Å². The van der Waals surface area contributed by atoms with Gasteiger partial charge in [-0.15, -0.1) is 10.2 Å². The number of benzene rings is 2. The van der Waals surface area contributed by atoms with Gasteiger partial charge in [0.05, 0.1) is 5.69 Å². The maximum atomic E-state index is 13.8. The summed E-state index contributed by atoms with van der Waals surface area (Å²) in [7, 11) is 0. The van der Waals surface area contributed by atoms with E-state index in [-0.39, 0.29) is 23.2 Å². The molecular formula is C31H24F3N7O2. The molecule has 0 radical (unpaired) electrons. The van der Waals surface area contributed by atoms with Crippen LogP contribution in [0.25, 0.3) is 28.2 Å². The minimum Gasteiger partial charge on any atom is -0.339 e. The number of aromatic nitrogens is 5. The maximum absolute atomic E-state index is 13.8. The van der Waals surface area contributed by atoms with Gasteiger partial charge >= 0.3 is 6.18 Å². The van der Waals surface area contributed by atoms with Crippen molar-refractivity contribution >= 4 is 17.6 Å². The predicted octanol–water partition coefficient (Wildman–Crippen LogP) is 5.90. The Morgan fingerprint density at radius 3 is 2.14 bits per heavy atom. The predicted molar refractivity (Wildman–Crippen MR) is 152 cm³/mol. The lowest BCUT2D eigenvalue weighted by Crippen LogP contribution is -2.27. The van der Waals surface area contributed by atoms with E-state index in [1.165, 1.54) is 24.5 Å². The van der Waals surface area contributed by atoms with Crippen LogP contribution in [-0.2, 0) is 6.18 Å². The third-order valence-corrected chi connectivity index (χ3v) is 7.03. The van der Waals surface area contributed by atoms with Gasteiger partial charge in [0.25, 0.3) is 11.8 Å². The molecular weight excluding hydrogens is 559 g/mol. The number of anilines is 1. The quantitative estimate of drug-likeness (QED) is 0.267. The molecule has 0 bridgehead atoms. The Kier molecular flexibility index (Phi) is 7.41. The highest BCUT2D eigenvalue weighted by molar-refractivity contribution is 6.04. The van der Waals surface area contributed by atoms with Gasteiger partial charge in [0, 0.05) is 42.2 Å². The van der Waals surface area contributed by atoms with E-state index in [0.29, 0.717) is 21.4 Å². The molecule has 216 valence electrons. The molecule has 5 aromatic rings. The number of carbonyl (C=O) groups is 2. The molecule has 43 heavy (non-hydrogen) atoms. The third-order valence-electron chi connectivity index (χ3n) is 7.03. The highest BCUT2D eigenvalue weighted by Gasteiger charge is 2.37. The molecule has 3 aromatic heterocycles. The van der Waals surface area contributed by atoms with Crippen LogP contribution >= 0.6 is 0 Å². The average Bonchev–Trinajstić information content (AvgIpc) is 3.73. The summed E-state index contributed by atoms with van der Waals surface area (Å²) in [5, 5.41) is 14.5. The van der Waals surface area contributed by atoms with Crippen molar-refractivity contribution in [2.24, 2.45) is 0 Å². The number of amides is 2. The molecule has 0 saturated carbocycles. The van der Waals surface area contributed by atoms with Crippen LogP contribution in [0.5, 0.6) is 0 Å². The van der Waals surface area contributed by atoms with E-state index in [9.17, 15) is 22.8 Å². The van der Waals surface area contributed by atoms with Crippen LogP contribution in [0.3, 0.4) is 0 Å². The number of likely N-dealkylation sites (tertiary alicyclic amines) is 1. The normalized spacial score (nSPS) is 13.2. The van der Waals surface area contributed by atoms with Crippen molar-refractivity contribution in [3.8, 4) is 28.2 Å². The van der Waals surface area contributed by atoms with Crippen LogP contribution in [0, 0.1) is 0 Å². The SMILES string of the molecule is O=C(Nc1ccc(-n2nc(-c3cccnc3)cc2C(F)(F)F)nn1)c1cccc(-c2cccc(C(=O)N3CCCC3)c2)c1. The fraction of sp³-hybridized carbons (Fsp3) is 0.161. The van der Waals surface area contributed by atoms with Gasteiger partial charge in [-0.05, 0) is 78.6 Å². The summed E-state index contributed by atoms with van der Waals surface area (Å²) in [5.41, 5.74) is 1.90. The summed E-state index contributed by atoms with van der Waals surface area (Å²) in [6, 6.07) is 20.9. The number of hydrogen-bond acceptors (Lipinski definition) is 6. The molecule has 0 atom stereocenters. The van der Waals surface area contributed by atoms with E-state index >= 15 is 0 Å². The highest BCUT2D eigenvalue weighted by Crippen LogP contribution is 2.33. The summed E-state index contributed by atoms with van der Waals surface area (Å²) < 4.78 is 42.0. The first-order chi connectivity index (χ1) is 20.8. The van der Waals surface area contributed by atoms with Crippen molar-refractivity contribution in [3.05, 3.63) is 108 Å². The second-order valence-electron chi connectivity index (χ2n) is 9.96. The minimum absolute atomic E-state index is 0.0129. The standard InChI is InChI=1S/C31H24F3N7O2/c32-31(33,34)26-18-25(24-10-5-13-35-19-24)39-41(26)28-12-11-27(37-38-28)36-29(42)22-8-3-6-20(16-22)21-7-4-9-23(17-21)30(43)40-14-1-2-15-40/h3-13,16-19H,1-2,14-15H2,(H,36,37,42). The number of alkyl halides is 3. The topological polar surface area (TPSA) is 106 Å². The van der Waals surface area contributed by atoms with E-state index in [0.717, 1.165) is 43.1 Å². The fourth-order valence-electron chi connectivity index (χ4n) is 4.88. The number of pyridine rings is 1. The van der Waals surface area contributed by atoms with Crippen LogP contribution in [-0.4, -0.2) is 54.8 Å². The molecule has 1 saturated heterocycles. The molecule has 1 fully saturated rings. The van der Waals surface area contributed by atoms with Crippen LogP contribution in [0.1, 0.15) is 39.3 Å². The molecule has 0 unspecified atom stereocenters. The zero-order chi connectivity index (χ0) is 30.0. The van der Waals surface area contributed by atoms with Gasteiger partial charge in [0.1, 0.15) is 0 Å². The Morgan fingerprint density at radius 1 is 0.791 bits per heavy atom. The largest absolute Gasteiger partial charge is 0.433 e. The number of nitrogens with one attached hydrogen (secondary N) is 1. The van der Waals surface area contributed by atoms with Crippen LogP contribution < -0.4 is 5.32 Å². The van der Waals surface area contributed by atoms with Gasteiger partial charge in [-0.3, -0.25) is 14.6 Å². The summed E-state index contributed by atoms with van der Waals surface area (Å²) in [6.07, 6.45) is 0.224. The second-order valence-corrected chi connectivity index (χ2v) is 9.96. The molecule has 6 rings (SSSR count). The molecule has 0 spiro atoms. The molecule has 1 N–H and O–H groups in total. The fourth-order valence-corrected chi connectivity index (χ4v) is 4.88. The number of halogens is 3. The number of hydrogen-bond donors (Lipinski definition) is 1. The number of rotatable bonds is 6. The van der Waals surface area contributed by atoms with Gasteiger partial charge < -0.3 is 10.2 Å². The number of carbonyl (C=O) groups excluding carboxylic acids is 2. The first-order valence-corrected chi connectivity index (χ1v) is 13.5. The van der Waals surface area contributed by atoms with Crippen molar-refractivity contribution in [1.29, 1.82) is 0 Å². The molecule has 1 aliphatic heterocycles. The average molecular weight is 584 g/mol. The summed E-state index contributed by atoms with van der Waals surface area (Å²) >= 11 is 0. The summed E-state index contributed by atoms with van der Waals surface area (Å²) in [5.74, 6) is -0.625. The lowest BCUT2D eigenvalue weighted by molar-refractivity contribution is -0.142. The lowest BCUT2D eigenvalue weighted by atomic mass is 10.0. The zero-order valence-electron chi connectivity index (χ0n) is 22.6. The van der Waals surface area contributed by atoms with Crippen molar-refractivity contribution in [2.75, 3.05) is 18.4 Å². The van der Waals surface area contributed by atoms with Gasteiger partial charge in [-0.2, -0.15) is 18.3 Å². The Hall–Kier alpha value is -5.39. The van der Waals surface area contributed by atoms with E-state index < -0.39 is 17.8 Å². The third kappa shape index (κ3) is 5.98. The Morgan fingerprint density at radius 2 is 1.49 bits per heavy atom. The zero-order valence-corrected chi connectivity index (χ0v) is 22.6. The van der Waals surface area contributed by atoms with Crippen molar-refractivity contribution in [2.45, 2.75) is 19.0 Å². The van der Waals surface area contributed by atoms with E-state index in [4.69, 9.17) is 0 Å².